The number of amides is 1. The number of nitrogens with zero attached hydrogens (tertiary/aromatic N) is 3. The fourth-order valence-corrected chi connectivity index (χ4v) is 4.09. The zero-order chi connectivity index (χ0) is 20.8. The van der Waals surface area contributed by atoms with E-state index in [9.17, 15) is 4.79 Å². The third kappa shape index (κ3) is 3.16. The molecule has 0 saturated carbocycles. The molecule has 2 heterocycles. The number of nitrogens with two attached hydrogens (primary N) is 1. The number of aliphatic imine (C=N–C) groups is 1. The lowest BCUT2D eigenvalue weighted by molar-refractivity contribution is -0.130. The van der Waals surface area contributed by atoms with Crippen LogP contribution in [-0.4, -0.2) is 28.8 Å². The Kier molecular flexibility index (Phi) is 4.61. The fourth-order valence-electron chi connectivity index (χ4n) is 4.09. The van der Waals surface area contributed by atoms with Crippen molar-refractivity contribution in [3.05, 3.63) is 77.5 Å². The maximum Gasteiger partial charge on any atom is 0.239 e. The lowest BCUT2D eigenvalue weighted by atomic mass is 9.74. The second-order valence-electron chi connectivity index (χ2n) is 8.18. The van der Waals surface area contributed by atoms with Crippen LogP contribution in [0.3, 0.4) is 0 Å². The highest BCUT2D eigenvalue weighted by Gasteiger charge is 2.47. The Morgan fingerprint density at radius 2 is 1.83 bits per heavy atom. The predicted octanol–water partition coefficient (Wildman–Crippen LogP) is 4.14. The van der Waals surface area contributed by atoms with Crippen LogP contribution in [0.1, 0.15) is 49.3 Å². The predicted molar refractivity (Wildman–Crippen MR) is 117 cm³/mol. The molecule has 5 nitrogen and oxygen atoms in total. The summed E-state index contributed by atoms with van der Waals surface area (Å²) in [6, 6.07) is 18.3. The Balaban J connectivity index is 1.89. The van der Waals surface area contributed by atoms with E-state index in [0.29, 0.717) is 5.92 Å². The second-order valence-corrected chi connectivity index (χ2v) is 8.18. The highest BCUT2D eigenvalue weighted by Crippen LogP contribution is 2.44. The molecule has 0 aliphatic carbocycles. The van der Waals surface area contributed by atoms with Gasteiger partial charge in [-0.15, -0.1) is 0 Å². The van der Waals surface area contributed by atoms with Gasteiger partial charge in [-0.3, -0.25) is 14.7 Å². The minimum absolute atomic E-state index is 0.0522. The Hall–Kier alpha value is -3.21. The molecule has 5 heteroatoms. The van der Waals surface area contributed by atoms with Gasteiger partial charge in [0, 0.05) is 18.6 Å². The third-order valence-corrected chi connectivity index (χ3v) is 5.95. The van der Waals surface area contributed by atoms with Crippen LogP contribution < -0.4 is 5.73 Å². The van der Waals surface area contributed by atoms with Gasteiger partial charge in [0.2, 0.25) is 5.91 Å². The largest absolute Gasteiger partial charge is 0.369 e. The summed E-state index contributed by atoms with van der Waals surface area (Å²) in [5, 5.41) is 1.01. The number of likely N-dealkylation sites (N-methyl/N-ethyl adjacent to an activating group) is 1. The molecule has 0 saturated heterocycles. The fraction of sp³-hybridized carbons (Fsp3) is 0.292. The molecule has 3 aromatic rings. The lowest BCUT2D eigenvalue weighted by Crippen LogP contribution is -2.52. The van der Waals surface area contributed by atoms with Crippen LogP contribution in [0.15, 0.2) is 65.8 Å². The maximum absolute atomic E-state index is 13.4. The van der Waals surface area contributed by atoms with Crippen LogP contribution in [0.4, 0.5) is 0 Å². The number of aromatic nitrogens is 1. The Morgan fingerprint density at radius 1 is 1.10 bits per heavy atom. The molecule has 2 aromatic carbocycles. The van der Waals surface area contributed by atoms with Crippen LogP contribution in [0.25, 0.3) is 10.9 Å². The highest BCUT2D eigenvalue weighted by atomic mass is 16.2. The zero-order valence-corrected chi connectivity index (χ0v) is 17.3. The van der Waals surface area contributed by atoms with E-state index in [4.69, 9.17) is 10.7 Å². The SMILES string of the molecule is CC(C)c1ccc([C@H]2C(=O)N(C)C(N)=N[C@]2(C)c2ccc3ncccc3c2)cc1. The first-order valence-electron chi connectivity index (χ1n) is 9.89. The van der Waals surface area contributed by atoms with Crippen molar-refractivity contribution in [2.24, 2.45) is 10.7 Å². The lowest BCUT2D eigenvalue weighted by Gasteiger charge is -2.41. The van der Waals surface area contributed by atoms with E-state index < -0.39 is 11.5 Å². The quantitative estimate of drug-likeness (QED) is 0.735. The molecule has 4 rings (SSSR count). The molecule has 1 aliphatic heterocycles. The van der Waals surface area contributed by atoms with Gasteiger partial charge >= 0.3 is 0 Å². The van der Waals surface area contributed by atoms with Crippen LogP contribution in [-0.2, 0) is 10.3 Å². The average molecular weight is 386 g/mol. The van der Waals surface area contributed by atoms with Crippen molar-refractivity contribution in [2.45, 2.75) is 38.1 Å². The van der Waals surface area contributed by atoms with Crippen molar-refractivity contribution in [1.82, 2.24) is 9.88 Å². The van der Waals surface area contributed by atoms with Crippen LogP contribution in [0, 0.1) is 0 Å². The Bertz CT molecular complexity index is 1100. The number of hydrogen-bond donors (Lipinski definition) is 1. The second kappa shape index (κ2) is 6.99. The molecule has 0 fully saturated rings. The van der Waals surface area contributed by atoms with E-state index in [-0.39, 0.29) is 11.9 Å². The van der Waals surface area contributed by atoms with Crippen LogP contribution >= 0.6 is 0 Å². The summed E-state index contributed by atoms with van der Waals surface area (Å²) in [6.45, 7) is 6.31. The summed E-state index contributed by atoms with van der Waals surface area (Å²) in [4.78, 5) is 24.0. The van der Waals surface area contributed by atoms with Gasteiger partial charge in [0.1, 0.15) is 5.54 Å². The summed E-state index contributed by atoms with van der Waals surface area (Å²) < 4.78 is 0. The van der Waals surface area contributed by atoms with Crippen molar-refractivity contribution < 1.29 is 4.79 Å². The zero-order valence-electron chi connectivity index (χ0n) is 17.3. The molecule has 1 amide bonds. The molecule has 148 valence electrons. The average Bonchev–Trinajstić information content (AvgIpc) is 2.72. The van der Waals surface area contributed by atoms with Gasteiger partial charge in [0.25, 0.3) is 0 Å². The number of pyridine rings is 1. The van der Waals surface area contributed by atoms with Gasteiger partial charge < -0.3 is 5.73 Å². The van der Waals surface area contributed by atoms with Gasteiger partial charge in [-0.2, -0.15) is 0 Å². The maximum atomic E-state index is 13.4. The molecule has 0 radical (unpaired) electrons. The third-order valence-electron chi connectivity index (χ3n) is 5.95. The first-order chi connectivity index (χ1) is 13.8. The van der Waals surface area contributed by atoms with Crippen molar-refractivity contribution >= 4 is 22.8 Å². The summed E-state index contributed by atoms with van der Waals surface area (Å²) in [5.74, 6) is 0.152. The van der Waals surface area contributed by atoms with E-state index in [1.807, 2.05) is 43.3 Å². The minimum atomic E-state index is -0.808. The Labute approximate surface area is 171 Å². The van der Waals surface area contributed by atoms with Crippen molar-refractivity contribution in [1.29, 1.82) is 0 Å². The van der Waals surface area contributed by atoms with E-state index >= 15 is 0 Å². The minimum Gasteiger partial charge on any atom is -0.369 e. The van der Waals surface area contributed by atoms with E-state index in [2.05, 4.69) is 37.0 Å². The first kappa shape index (κ1) is 19.1. The molecular formula is C24H26N4O. The summed E-state index contributed by atoms with van der Waals surface area (Å²) in [7, 11) is 1.68. The van der Waals surface area contributed by atoms with Gasteiger partial charge in [0.05, 0.1) is 11.4 Å². The summed E-state index contributed by atoms with van der Waals surface area (Å²) in [5.41, 5.74) is 9.37. The first-order valence-corrected chi connectivity index (χ1v) is 9.89. The molecule has 2 atom stereocenters. The summed E-state index contributed by atoms with van der Waals surface area (Å²) in [6.07, 6.45) is 1.78. The van der Waals surface area contributed by atoms with E-state index in [1.165, 1.54) is 10.5 Å². The standard InChI is InChI=1S/C24H26N4O/c1-15(2)16-7-9-17(10-8-16)21-22(29)28(4)23(25)27-24(21,3)19-11-12-20-18(14-19)6-5-13-26-20/h5-15,21H,1-4H3,(H2,25,27)/t21-,24+/m0/s1. The van der Waals surface area contributed by atoms with Crippen molar-refractivity contribution in [3.8, 4) is 0 Å². The number of benzene rings is 2. The highest BCUT2D eigenvalue weighted by molar-refractivity contribution is 6.02. The van der Waals surface area contributed by atoms with Crippen molar-refractivity contribution in [2.75, 3.05) is 7.05 Å². The van der Waals surface area contributed by atoms with E-state index in [0.717, 1.165) is 22.0 Å². The molecule has 1 aliphatic rings. The number of fused-ring (bicyclic) bond motifs is 1. The Morgan fingerprint density at radius 3 is 2.52 bits per heavy atom. The molecule has 0 spiro atoms. The topological polar surface area (TPSA) is 71.6 Å². The summed E-state index contributed by atoms with van der Waals surface area (Å²) >= 11 is 0. The number of rotatable bonds is 3. The molecule has 29 heavy (non-hydrogen) atoms. The molecule has 2 N–H and O–H groups in total. The molecule has 0 bridgehead atoms. The number of hydrogen-bond acceptors (Lipinski definition) is 4. The van der Waals surface area contributed by atoms with Crippen LogP contribution in [0.2, 0.25) is 0 Å². The van der Waals surface area contributed by atoms with Crippen molar-refractivity contribution in [3.63, 3.8) is 0 Å². The van der Waals surface area contributed by atoms with Gasteiger partial charge in [-0.05, 0) is 47.7 Å². The number of carbonyl (C=O) groups is 1. The van der Waals surface area contributed by atoms with Gasteiger partial charge in [-0.1, -0.05) is 50.2 Å². The molecule has 0 unspecified atom stereocenters. The van der Waals surface area contributed by atoms with E-state index in [1.54, 1.807) is 13.2 Å². The van der Waals surface area contributed by atoms with Crippen LogP contribution in [0.5, 0.6) is 0 Å². The normalized spacial score (nSPS) is 22.2. The molecule has 1 aromatic heterocycles. The smallest absolute Gasteiger partial charge is 0.239 e. The number of guanidine groups is 1. The molecular weight excluding hydrogens is 360 g/mol. The monoisotopic (exact) mass is 386 g/mol. The van der Waals surface area contributed by atoms with Gasteiger partial charge in [-0.25, -0.2) is 4.99 Å². The van der Waals surface area contributed by atoms with Gasteiger partial charge in [0.15, 0.2) is 5.96 Å². The number of carbonyl (C=O) groups excluding carboxylic acids is 1.